The maximum atomic E-state index is 13.6. The van der Waals surface area contributed by atoms with Crippen LogP contribution in [0.2, 0.25) is 5.02 Å². The van der Waals surface area contributed by atoms with Crippen LogP contribution in [0.25, 0.3) is 0 Å². The van der Waals surface area contributed by atoms with Gasteiger partial charge in [-0.05, 0) is 18.2 Å². The highest BCUT2D eigenvalue weighted by Crippen LogP contribution is 2.32. The molecule has 0 heterocycles. The van der Waals surface area contributed by atoms with Gasteiger partial charge in [0.05, 0.1) is 23.1 Å². The van der Waals surface area contributed by atoms with Crippen molar-refractivity contribution in [3.63, 3.8) is 0 Å². The molecule has 0 saturated carbocycles. The molecule has 0 N–H and O–H groups in total. The van der Waals surface area contributed by atoms with Gasteiger partial charge in [-0.3, -0.25) is 10.1 Å². The van der Waals surface area contributed by atoms with Crippen LogP contribution in [0, 0.1) is 15.9 Å². The summed E-state index contributed by atoms with van der Waals surface area (Å²) in [4.78, 5) is 10.2. The van der Waals surface area contributed by atoms with E-state index in [1.807, 2.05) is 0 Å². The van der Waals surface area contributed by atoms with Gasteiger partial charge in [0, 0.05) is 11.6 Å². The van der Waals surface area contributed by atoms with E-state index in [4.69, 9.17) is 21.1 Å². The van der Waals surface area contributed by atoms with Crippen LogP contribution in [0.4, 0.5) is 10.1 Å². The van der Waals surface area contributed by atoms with Crippen LogP contribution in [0.3, 0.4) is 0 Å². The average Bonchev–Trinajstić information content (AvgIpc) is 2.46. The molecular formula is C14H11ClFNO4. The number of halogens is 2. The number of hydrogen-bond acceptors (Lipinski definition) is 4. The standard InChI is InChI=1S/C14H11ClFNO4/c1-20-13-6-5-9(17(18)19)7-14(13)21-8-10-11(15)3-2-4-12(10)16/h2-7H,8H2,1H3. The molecule has 0 amide bonds. The summed E-state index contributed by atoms with van der Waals surface area (Å²) in [7, 11) is 1.41. The molecule has 2 aromatic rings. The van der Waals surface area contributed by atoms with Crippen LogP contribution in [-0.2, 0) is 6.61 Å². The summed E-state index contributed by atoms with van der Waals surface area (Å²) >= 11 is 5.89. The number of hydrogen-bond donors (Lipinski definition) is 0. The van der Waals surface area contributed by atoms with Crippen molar-refractivity contribution < 1.29 is 18.8 Å². The monoisotopic (exact) mass is 311 g/mol. The number of benzene rings is 2. The van der Waals surface area contributed by atoms with E-state index >= 15 is 0 Å². The van der Waals surface area contributed by atoms with E-state index in [2.05, 4.69) is 0 Å². The lowest BCUT2D eigenvalue weighted by Gasteiger charge is -2.11. The number of nitrogens with zero attached hydrogens (tertiary/aromatic N) is 1. The SMILES string of the molecule is COc1ccc([N+](=O)[O-])cc1OCc1c(F)cccc1Cl. The number of ether oxygens (including phenoxy) is 2. The Morgan fingerprint density at radius 3 is 2.67 bits per heavy atom. The van der Waals surface area contributed by atoms with Gasteiger partial charge in [-0.2, -0.15) is 0 Å². The zero-order valence-electron chi connectivity index (χ0n) is 11.0. The first kappa shape index (κ1) is 15.1. The highest BCUT2D eigenvalue weighted by molar-refractivity contribution is 6.31. The molecule has 0 aliphatic rings. The lowest BCUT2D eigenvalue weighted by molar-refractivity contribution is -0.385. The van der Waals surface area contributed by atoms with Gasteiger partial charge >= 0.3 is 0 Å². The molecule has 0 aliphatic carbocycles. The lowest BCUT2D eigenvalue weighted by Crippen LogP contribution is -2.01. The number of rotatable bonds is 5. The van der Waals surface area contributed by atoms with Crippen LogP contribution in [0.15, 0.2) is 36.4 Å². The van der Waals surface area contributed by atoms with E-state index in [0.29, 0.717) is 5.75 Å². The number of non-ortho nitro benzene ring substituents is 1. The second-order valence-corrected chi connectivity index (χ2v) is 4.49. The van der Waals surface area contributed by atoms with E-state index < -0.39 is 10.7 Å². The van der Waals surface area contributed by atoms with E-state index in [1.54, 1.807) is 0 Å². The molecule has 7 heteroatoms. The Morgan fingerprint density at radius 2 is 2.05 bits per heavy atom. The maximum absolute atomic E-state index is 13.6. The zero-order chi connectivity index (χ0) is 15.4. The molecule has 0 spiro atoms. The van der Waals surface area contributed by atoms with Crippen molar-refractivity contribution in [3.8, 4) is 11.5 Å². The predicted octanol–water partition coefficient (Wildman–Crippen LogP) is 3.97. The number of nitro groups is 1. The third-order valence-corrected chi connectivity index (χ3v) is 3.15. The van der Waals surface area contributed by atoms with Gasteiger partial charge in [-0.15, -0.1) is 0 Å². The van der Waals surface area contributed by atoms with E-state index in [0.717, 1.165) is 0 Å². The fourth-order valence-corrected chi connectivity index (χ4v) is 1.93. The number of nitro benzene ring substituents is 1. The summed E-state index contributed by atoms with van der Waals surface area (Å²) < 4.78 is 24.1. The van der Waals surface area contributed by atoms with Gasteiger partial charge in [-0.25, -0.2) is 4.39 Å². The van der Waals surface area contributed by atoms with Crippen molar-refractivity contribution in [1.82, 2.24) is 0 Å². The molecule has 2 aromatic carbocycles. The normalized spacial score (nSPS) is 10.2. The summed E-state index contributed by atoms with van der Waals surface area (Å²) in [6.07, 6.45) is 0. The van der Waals surface area contributed by atoms with Crippen molar-refractivity contribution >= 4 is 17.3 Å². The van der Waals surface area contributed by atoms with E-state index in [1.165, 1.54) is 43.5 Å². The molecule has 0 fully saturated rings. The highest BCUT2D eigenvalue weighted by Gasteiger charge is 2.14. The van der Waals surface area contributed by atoms with Gasteiger partial charge in [0.25, 0.3) is 5.69 Å². The van der Waals surface area contributed by atoms with Crippen LogP contribution in [0.5, 0.6) is 11.5 Å². The minimum absolute atomic E-state index is 0.144. The first-order valence-electron chi connectivity index (χ1n) is 5.91. The third kappa shape index (κ3) is 3.41. The molecule has 5 nitrogen and oxygen atoms in total. The topological polar surface area (TPSA) is 61.6 Å². The molecule has 0 saturated heterocycles. The smallest absolute Gasteiger partial charge is 0.273 e. The second kappa shape index (κ2) is 6.41. The highest BCUT2D eigenvalue weighted by atomic mass is 35.5. The predicted molar refractivity (Wildman–Crippen MR) is 75.4 cm³/mol. The van der Waals surface area contributed by atoms with Crippen molar-refractivity contribution in [3.05, 3.63) is 62.9 Å². The third-order valence-electron chi connectivity index (χ3n) is 2.79. The van der Waals surface area contributed by atoms with Crippen molar-refractivity contribution in [1.29, 1.82) is 0 Å². The molecule has 0 radical (unpaired) electrons. The molecule has 0 unspecified atom stereocenters. The molecule has 21 heavy (non-hydrogen) atoms. The van der Waals surface area contributed by atoms with Crippen LogP contribution in [-0.4, -0.2) is 12.0 Å². The fourth-order valence-electron chi connectivity index (χ4n) is 1.71. The van der Waals surface area contributed by atoms with Crippen molar-refractivity contribution in [2.24, 2.45) is 0 Å². The zero-order valence-corrected chi connectivity index (χ0v) is 11.8. The van der Waals surface area contributed by atoms with Gasteiger partial charge < -0.3 is 9.47 Å². The molecule has 110 valence electrons. The van der Waals surface area contributed by atoms with Crippen LogP contribution < -0.4 is 9.47 Å². The number of methoxy groups -OCH3 is 1. The summed E-state index contributed by atoms with van der Waals surface area (Å²) in [6.45, 7) is -0.164. The Kier molecular flexibility index (Phi) is 4.59. The summed E-state index contributed by atoms with van der Waals surface area (Å²) in [5, 5.41) is 11.0. The molecule has 0 bridgehead atoms. The van der Waals surface area contributed by atoms with Crippen LogP contribution >= 0.6 is 11.6 Å². The van der Waals surface area contributed by atoms with Gasteiger partial charge in [0.1, 0.15) is 12.4 Å². The average molecular weight is 312 g/mol. The fraction of sp³-hybridized carbons (Fsp3) is 0.143. The van der Waals surface area contributed by atoms with Crippen molar-refractivity contribution in [2.75, 3.05) is 7.11 Å². The van der Waals surface area contributed by atoms with Crippen molar-refractivity contribution in [2.45, 2.75) is 6.61 Å². The van der Waals surface area contributed by atoms with Gasteiger partial charge in [0.2, 0.25) is 0 Å². The summed E-state index contributed by atoms with van der Waals surface area (Å²) in [5.74, 6) is -0.0500. The van der Waals surface area contributed by atoms with Gasteiger partial charge in [-0.1, -0.05) is 17.7 Å². The maximum Gasteiger partial charge on any atom is 0.273 e. The first-order valence-corrected chi connectivity index (χ1v) is 6.29. The Balaban J connectivity index is 2.26. The molecule has 2 rings (SSSR count). The Morgan fingerprint density at radius 1 is 1.29 bits per heavy atom. The Hall–Kier alpha value is -2.34. The Bertz CT molecular complexity index is 658. The first-order chi connectivity index (χ1) is 10.0. The van der Waals surface area contributed by atoms with Gasteiger partial charge in [0.15, 0.2) is 11.5 Å². The van der Waals surface area contributed by atoms with Crippen LogP contribution in [0.1, 0.15) is 5.56 Å². The minimum atomic E-state index is -0.553. The lowest BCUT2D eigenvalue weighted by atomic mass is 10.2. The quantitative estimate of drug-likeness (QED) is 0.619. The minimum Gasteiger partial charge on any atom is -0.493 e. The summed E-state index contributed by atoms with van der Waals surface area (Å²) in [5.41, 5.74) is 0.0261. The second-order valence-electron chi connectivity index (χ2n) is 4.08. The Labute approximate surface area is 125 Å². The largest absolute Gasteiger partial charge is 0.493 e. The molecule has 0 atom stereocenters. The summed E-state index contributed by atoms with van der Waals surface area (Å²) in [6, 6.07) is 8.20. The van der Waals surface area contributed by atoms with E-state index in [9.17, 15) is 14.5 Å². The molecule has 0 aliphatic heterocycles. The molecular weight excluding hydrogens is 301 g/mol. The molecule has 0 aromatic heterocycles. The van der Waals surface area contributed by atoms with E-state index in [-0.39, 0.29) is 28.6 Å².